The van der Waals surface area contributed by atoms with E-state index in [1.807, 2.05) is 6.08 Å². The number of hydrogen-bond donors (Lipinski definition) is 1. The molecule has 1 N–H and O–H groups in total. The predicted octanol–water partition coefficient (Wildman–Crippen LogP) is 15.1. The van der Waals surface area contributed by atoms with Crippen molar-refractivity contribution in [2.45, 2.75) is 232 Å². The number of hydrogen-bond acceptors (Lipinski definition) is 3. The molecule has 0 heterocycles. The van der Waals surface area contributed by atoms with Crippen molar-refractivity contribution in [1.82, 2.24) is 0 Å². The van der Waals surface area contributed by atoms with Crippen LogP contribution in [-0.4, -0.2) is 23.1 Å². The number of carbonyl (C=O) groups is 2. The molecule has 0 aromatic rings. The zero-order chi connectivity index (χ0) is 36.4. The highest BCUT2D eigenvalue weighted by Crippen LogP contribution is 2.17. The summed E-state index contributed by atoms with van der Waals surface area (Å²) in [7, 11) is 0. The molecule has 0 rings (SSSR count). The van der Waals surface area contributed by atoms with Gasteiger partial charge in [-0.15, -0.1) is 0 Å². The van der Waals surface area contributed by atoms with Gasteiger partial charge in [-0.1, -0.05) is 204 Å². The molecule has 0 fully saturated rings. The fraction of sp³-hybridized carbons (Fsp3) is 0.783. The van der Waals surface area contributed by atoms with E-state index in [-0.39, 0.29) is 18.5 Å². The predicted molar refractivity (Wildman–Crippen MR) is 218 cm³/mol. The van der Waals surface area contributed by atoms with E-state index in [0.717, 1.165) is 57.8 Å². The van der Waals surface area contributed by atoms with Gasteiger partial charge in [0.25, 0.3) is 0 Å². The minimum absolute atomic E-state index is 0.105. The molecule has 0 aromatic carbocycles. The molecule has 0 aromatic heterocycles. The van der Waals surface area contributed by atoms with E-state index in [0.29, 0.717) is 12.8 Å². The van der Waals surface area contributed by atoms with Crippen molar-refractivity contribution in [2.24, 2.45) is 0 Å². The number of unbranched alkanes of at least 4 members (excludes halogenated alkanes) is 24. The van der Waals surface area contributed by atoms with Gasteiger partial charge >= 0.3 is 11.9 Å². The molecule has 0 spiro atoms. The Morgan fingerprint density at radius 1 is 0.460 bits per heavy atom. The fourth-order valence-corrected chi connectivity index (χ4v) is 6.39. The first-order chi connectivity index (χ1) is 24.6. The Morgan fingerprint density at radius 3 is 1.24 bits per heavy atom. The molecule has 290 valence electrons. The van der Waals surface area contributed by atoms with E-state index < -0.39 is 5.97 Å². The largest absolute Gasteiger partial charge is 0.481 e. The van der Waals surface area contributed by atoms with Crippen LogP contribution in [-0.2, 0) is 14.3 Å². The van der Waals surface area contributed by atoms with Crippen LogP contribution in [0.25, 0.3) is 0 Å². The van der Waals surface area contributed by atoms with Gasteiger partial charge in [-0.2, -0.15) is 0 Å². The molecule has 0 aliphatic carbocycles. The topological polar surface area (TPSA) is 63.6 Å². The summed E-state index contributed by atoms with van der Waals surface area (Å²) in [5.41, 5.74) is 0. The maximum Gasteiger partial charge on any atom is 0.306 e. The van der Waals surface area contributed by atoms with Gasteiger partial charge in [-0.3, -0.25) is 9.59 Å². The standard InChI is InChI=1S/C46H82O4/c1-3-5-7-9-11-13-15-16-17-18-19-20-21-22-23-24-25-26-28-30-32-34-39-43-46(49)50-44(41-37-35-38-42-45(47)48)40-36-33-31-29-27-14-12-10-8-6-4-2/h6,8,12,14,29,31,36,40,44H,3-5,7,9-11,13,15-28,30,32-35,37-39,41-43H2,1-2H3,(H,47,48)/b8-6-,14-12-,31-29-,40-36-. The summed E-state index contributed by atoms with van der Waals surface area (Å²) in [6.45, 7) is 4.44. The summed E-state index contributed by atoms with van der Waals surface area (Å²) in [4.78, 5) is 23.4. The van der Waals surface area contributed by atoms with E-state index in [4.69, 9.17) is 9.84 Å². The lowest BCUT2D eigenvalue weighted by molar-refractivity contribution is -0.147. The molecule has 0 radical (unpaired) electrons. The Labute approximate surface area is 311 Å². The van der Waals surface area contributed by atoms with E-state index in [1.54, 1.807) is 0 Å². The van der Waals surface area contributed by atoms with Crippen molar-refractivity contribution >= 4 is 11.9 Å². The summed E-state index contributed by atoms with van der Waals surface area (Å²) in [5.74, 6) is -0.853. The van der Waals surface area contributed by atoms with Crippen LogP contribution in [0.2, 0.25) is 0 Å². The van der Waals surface area contributed by atoms with Gasteiger partial charge in [-0.25, -0.2) is 0 Å². The van der Waals surface area contributed by atoms with Gasteiger partial charge < -0.3 is 9.84 Å². The highest BCUT2D eigenvalue weighted by Gasteiger charge is 2.11. The monoisotopic (exact) mass is 699 g/mol. The van der Waals surface area contributed by atoms with E-state index in [9.17, 15) is 9.59 Å². The highest BCUT2D eigenvalue weighted by atomic mass is 16.5. The summed E-state index contributed by atoms with van der Waals surface area (Å²) in [6.07, 6.45) is 56.0. The van der Waals surface area contributed by atoms with Gasteiger partial charge in [0.15, 0.2) is 0 Å². The number of ether oxygens (including phenoxy) is 1. The molecule has 0 aliphatic rings. The first-order valence-corrected chi connectivity index (χ1v) is 21.6. The Kier molecular flexibility index (Phi) is 39.6. The van der Waals surface area contributed by atoms with E-state index in [2.05, 4.69) is 56.4 Å². The molecular formula is C46H82O4. The fourth-order valence-electron chi connectivity index (χ4n) is 6.39. The Bertz CT molecular complexity index is 839. The zero-order valence-corrected chi connectivity index (χ0v) is 33.2. The third kappa shape index (κ3) is 40.3. The quantitative estimate of drug-likeness (QED) is 0.0394. The number of aliphatic carboxylic acids is 1. The van der Waals surface area contributed by atoms with Crippen molar-refractivity contribution in [2.75, 3.05) is 0 Å². The van der Waals surface area contributed by atoms with Crippen molar-refractivity contribution in [3.8, 4) is 0 Å². The SMILES string of the molecule is CC/C=C\C/C=C\C/C=C\C/C=C\C(CCCCCC(=O)O)OC(=O)CCCCCCCCCCCCCCCCCCCCCCCCC. The normalized spacial score (nSPS) is 12.7. The van der Waals surface area contributed by atoms with Crippen molar-refractivity contribution < 1.29 is 19.4 Å². The molecule has 0 bridgehead atoms. The van der Waals surface area contributed by atoms with Gasteiger partial charge in [0.05, 0.1) is 0 Å². The summed E-state index contributed by atoms with van der Waals surface area (Å²) in [6, 6.07) is 0. The molecule has 50 heavy (non-hydrogen) atoms. The molecule has 0 saturated heterocycles. The molecule has 1 atom stereocenters. The lowest BCUT2D eigenvalue weighted by Gasteiger charge is -2.14. The Balaban J connectivity index is 3.85. The lowest BCUT2D eigenvalue weighted by atomic mass is 10.0. The molecule has 0 aliphatic heterocycles. The number of carbonyl (C=O) groups excluding carboxylic acids is 1. The molecular weight excluding hydrogens is 617 g/mol. The van der Waals surface area contributed by atoms with Crippen LogP contribution < -0.4 is 0 Å². The van der Waals surface area contributed by atoms with Crippen molar-refractivity contribution in [3.05, 3.63) is 48.6 Å². The zero-order valence-electron chi connectivity index (χ0n) is 33.2. The highest BCUT2D eigenvalue weighted by molar-refractivity contribution is 5.69. The molecule has 1 unspecified atom stereocenters. The minimum atomic E-state index is -0.748. The number of carboxylic acid groups (broad SMARTS) is 1. The summed E-state index contributed by atoms with van der Waals surface area (Å²) in [5, 5.41) is 8.88. The maximum absolute atomic E-state index is 12.6. The second-order valence-electron chi connectivity index (χ2n) is 14.5. The minimum Gasteiger partial charge on any atom is -0.481 e. The van der Waals surface area contributed by atoms with Gasteiger partial charge in [-0.05, 0) is 57.4 Å². The smallest absolute Gasteiger partial charge is 0.306 e. The Hall–Kier alpha value is -2.10. The van der Waals surface area contributed by atoms with Crippen molar-refractivity contribution in [1.29, 1.82) is 0 Å². The molecule has 4 heteroatoms. The van der Waals surface area contributed by atoms with E-state index >= 15 is 0 Å². The first-order valence-electron chi connectivity index (χ1n) is 21.6. The third-order valence-corrected chi connectivity index (χ3v) is 9.55. The summed E-state index contributed by atoms with van der Waals surface area (Å²) >= 11 is 0. The number of carboxylic acids is 1. The van der Waals surface area contributed by atoms with Crippen LogP contribution in [0.5, 0.6) is 0 Å². The number of rotatable bonds is 39. The third-order valence-electron chi connectivity index (χ3n) is 9.55. The maximum atomic E-state index is 12.6. The number of esters is 1. The number of allylic oxidation sites excluding steroid dienone is 7. The van der Waals surface area contributed by atoms with Crippen LogP contribution in [0.15, 0.2) is 48.6 Å². The van der Waals surface area contributed by atoms with Gasteiger partial charge in [0.1, 0.15) is 6.10 Å². The average Bonchev–Trinajstić information content (AvgIpc) is 3.10. The van der Waals surface area contributed by atoms with Crippen molar-refractivity contribution in [3.63, 3.8) is 0 Å². The average molecular weight is 699 g/mol. The van der Waals surface area contributed by atoms with Crippen LogP contribution in [0, 0.1) is 0 Å². The van der Waals surface area contributed by atoms with Gasteiger partial charge in [0, 0.05) is 12.8 Å². The molecule has 4 nitrogen and oxygen atoms in total. The van der Waals surface area contributed by atoms with E-state index in [1.165, 1.54) is 135 Å². The van der Waals surface area contributed by atoms with Crippen LogP contribution >= 0.6 is 0 Å². The molecule has 0 saturated carbocycles. The first kappa shape index (κ1) is 47.9. The Morgan fingerprint density at radius 2 is 0.820 bits per heavy atom. The van der Waals surface area contributed by atoms with Crippen LogP contribution in [0.3, 0.4) is 0 Å². The summed E-state index contributed by atoms with van der Waals surface area (Å²) < 4.78 is 5.84. The lowest BCUT2D eigenvalue weighted by Crippen LogP contribution is -2.16. The van der Waals surface area contributed by atoms with Crippen LogP contribution in [0.4, 0.5) is 0 Å². The van der Waals surface area contributed by atoms with Crippen LogP contribution in [0.1, 0.15) is 226 Å². The molecule has 0 amide bonds. The van der Waals surface area contributed by atoms with Gasteiger partial charge in [0.2, 0.25) is 0 Å². The second-order valence-corrected chi connectivity index (χ2v) is 14.5. The second kappa shape index (κ2) is 41.3.